The van der Waals surface area contributed by atoms with Gasteiger partial charge in [0.25, 0.3) is 5.91 Å². The van der Waals surface area contributed by atoms with Crippen molar-refractivity contribution >= 4 is 33.1 Å². The van der Waals surface area contributed by atoms with Gasteiger partial charge in [-0.05, 0) is 48.6 Å². The summed E-state index contributed by atoms with van der Waals surface area (Å²) in [6.07, 6.45) is 4.64. The largest absolute Gasteiger partial charge is 0.333 e. The molecule has 23 heavy (non-hydrogen) atoms. The lowest BCUT2D eigenvalue weighted by Gasteiger charge is -2.17. The van der Waals surface area contributed by atoms with E-state index < -0.39 is 0 Å². The number of aromatic nitrogens is 1. The van der Waals surface area contributed by atoms with Crippen LogP contribution in [0.2, 0.25) is 0 Å². The first-order valence-corrected chi connectivity index (χ1v) is 8.76. The molecule has 0 radical (unpaired) electrons. The van der Waals surface area contributed by atoms with Crippen molar-refractivity contribution in [1.29, 1.82) is 0 Å². The molecule has 2 heterocycles. The second kappa shape index (κ2) is 5.81. The standard InChI is InChI=1S/C18H17FN2OS/c19-12-4-3-5-13(10-12)20-18(22)16-11-17-15(8-9-23-17)21(16)14-6-1-2-7-14/h3-5,8-11,14H,1-2,6-7H2,(H,20,22). The molecule has 5 heteroatoms. The Morgan fingerprint density at radius 1 is 1.22 bits per heavy atom. The summed E-state index contributed by atoms with van der Waals surface area (Å²) in [7, 11) is 0. The number of nitrogens with zero attached hydrogens (tertiary/aromatic N) is 1. The number of anilines is 1. The monoisotopic (exact) mass is 328 g/mol. The lowest BCUT2D eigenvalue weighted by atomic mass is 10.2. The average Bonchev–Trinajstić information content (AvgIpc) is 3.23. The van der Waals surface area contributed by atoms with E-state index in [1.165, 1.54) is 25.0 Å². The molecule has 118 valence electrons. The van der Waals surface area contributed by atoms with Gasteiger partial charge in [-0.1, -0.05) is 18.9 Å². The van der Waals surface area contributed by atoms with Crippen LogP contribution < -0.4 is 5.32 Å². The predicted molar refractivity (Wildman–Crippen MR) is 91.7 cm³/mol. The van der Waals surface area contributed by atoms with Crippen LogP contribution in [0.5, 0.6) is 0 Å². The average molecular weight is 328 g/mol. The highest BCUT2D eigenvalue weighted by Crippen LogP contribution is 2.36. The van der Waals surface area contributed by atoms with Crippen molar-refractivity contribution in [3.05, 3.63) is 53.3 Å². The lowest BCUT2D eigenvalue weighted by molar-refractivity contribution is 0.101. The summed E-state index contributed by atoms with van der Waals surface area (Å²) >= 11 is 1.65. The third kappa shape index (κ3) is 2.65. The number of carbonyl (C=O) groups is 1. The fraction of sp³-hybridized carbons (Fsp3) is 0.278. The molecule has 0 saturated heterocycles. The molecule has 1 N–H and O–H groups in total. The van der Waals surface area contributed by atoms with Crippen LogP contribution in [-0.4, -0.2) is 10.5 Å². The molecule has 0 unspecified atom stereocenters. The smallest absolute Gasteiger partial charge is 0.272 e. The molecule has 3 nitrogen and oxygen atoms in total. The highest BCUT2D eigenvalue weighted by molar-refractivity contribution is 7.17. The fourth-order valence-electron chi connectivity index (χ4n) is 3.44. The van der Waals surface area contributed by atoms with Gasteiger partial charge >= 0.3 is 0 Å². The fourth-order valence-corrected chi connectivity index (χ4v) is 4.25. The number of thiophene rings is 1. The van der Waals surface area contributed by atoms with E-state index in [0.717, 1.165) is 23.1 Å². The lowest BCUT2D eigenvalue weighted by Crippen LogP contribution is -2.19. The van der Waals surface area contributed by atoms with Crippen molar-refractivity contribution < 1.29 is 9.18 Å². The molecular formula is C18H17FN2OS. The van der Waals surface area contributed by atoms with Crippen molar-refractivity contribution in [2.45, 2.75) is 31.7 Å². The van der Waals surface area contributed by atoms with Crippen LogP contribution in [0.15, 0.2) is 41.8 Å². The maximum atomic E-state index is 13.3. The Kier molecular flexibility index (Phi) is 3.65. The number of amides is 1. The zero-order chi connectivity index (χ0) is 15.8. The highest BCUT2D eigenvalue weighted by Gasteiger charge is 2.25. The molecule has 2 aromatic heterocycles. The molecule has 1 fully saturated rings. The molecule has 0 atom stereocenters. The Balaban J connectivity index is 1.71. The number of halogens is 1. The molecule has 4 rings (SSSR count). The van der Waals surface area contributed by atoms with Crippen LogP contribution in [0.4, 0.5) is 10.1 Å². The van der Waals surface area contributed by atoms with Crippen molar-refractivity contribution in [3.8, 4) is 0 Å². The van der Waals surface area contributed by atoms with Crippen molar-refractivity contribution in [2.75, 3.05) is 5.32 Å². The number of nitrogens with one attached hydrogen (secondary N) is 1. The molecule has 1 amide bonds. The summed E-state index contributed by atoms with van der Waals surface area (Å²) in [4.78, 5) is 12.7. The number of carbonyl (C=O) groups excluding carboxylic acids is 1. The van der Waals surface area contributed by atoms with E-state index in [0.29, 0.717) is 17.4 Å². The van der Waals surface area contributed by atoms with E-state index in [9.17, 15) is 9.18 Å². The predicted octanol–water partition coefficient (Wildman–Crippen LogP) is 5.21. The van der Waals surface area contributed by atoms with E-state index in [1.807, 2.05) is 6.07 Å². The second-order valence-electron chi connectivity index (χ2n) is 5.97. The van der Waals surface area contributed by atoms with Crippen molar-refractivity contribution in [3.63, 3.8) is 0 Å². The zero-order valence-electron chi connectivity index (χ0n) is 12.6. The van der Waals surface area contributed by atoms with E-state index >= 15 is 0 Å². The van der Waals surface area contributed by atoms with Crippen LogP contribution in [0.1, 0.15) is 42.2 Å². The van der Waals surface area contributed by atoms with Crippen LogP contribution in [0.3, 0.4) is 0 Å². The number of benzene rings is 1. The number of hydrogen-bond donors (Lipinski definition) is 1. The maximum Gasteiger partial charge on any atom is 0.272 e. The summed E-state index contributed by atoms with van der Waals surface area (Å²) in [5, 5.41) is 4.88. The Hall–Kier alpha value is -2.14. The molecule has 1 saturated carbocycles. The highest BCUT2D eigenvalue weighted by atomic mass is 32.1. The van der Waals surface area contributed by atoms with Crippen LogP contribution in [-0.2, 0) is 0 Å². The number of fused-ring (bicyclic) bond motifs is 1. The summed E-state index contributed by atoms with van der Waals surface area (Å²) in [6, 6.07) is 10.4. The quantitative estimate of drug-likeness (QED) is 0.703. The molecule has 1 aliphatic rings. The van der Waals surface area contributed by atoms with Gasteiger partial charge in [-0.3, -0.25) is 4.79 Å². The van der Waals surface area contributed by atoms with Crippen molar-refractivity contribution in [2.24, 2.45) is 0 Å². The normalized spacial score (nSPS) is 15.3. The van der Waals surface area contributed by atoms with E-state index in [2.05, 4.69) is 21.3 Å². The summed E-state index contributed by atoms with van der Waals surface area (Å²) < 4.78 is 16.6. The Labute approximate surface area is 137 Å². The molecule has 3 aromatic rings. The maximum absolute atomic E-state index is 13.3. The van der Waals surface area contributed by atoms with E-state index in [4.69, 9.17) is 0 Å². The van der Waals surface area contributed by atoms with Gasteiger partial charge in [0.1, 0.15) is 11.5 Å². The van der Waals surface area contributed by atoms with Crippen LogP contribution in [0.25, 0.3) is 10.2 Å². The van der Waals surface area contributed by atoms with Crippen LogP contribution >= 0.6 is 11.3 Å². The number of rotatable bonds is 3. The molecular weight excluding hydrogens is 311 g/mol. The minimum absolute atomic E-state index is 0.175. The van der Waals surface area contributed by atoms with Gasteiger partial charge in [0.2, 0.25) is 0 Å². The van der Waals surface area contributed by atoms with Gasteiger partial charge in [0.15, 0.2) is 0 Å². The SMILES string of the molecule is O=C(Nc1cccc(F)c1)c1cc2sccc2n1C1CCCC1. The van der Waals surface area contributed by atoms with Gasteiger partial charge in [0, 0.05) is 11.7 Å². The van der Waals surface area contributed by atoms with Crippen LogP contribution in [0, 0.1) is 5.82 Å². The zero-order valence-corrected chi connectivity index (χ0v) is 13.4. The molecule has 1 aromatic carbocycles. The molecule has 1 aliphatic carbocycles. The topological polar surface area (TPSA) is 34.0 Å². The summed E-state index contributed by atoms with van der Waals surface area (Å²) in [6.45, 7) is 0. The minimum atomic E-state index is -0.352. The first-order valence-electron chi connectivity index (χ1n) is 7.88. The third-order valence-corrected chi connectivity index (χ3v) is 5.32. The van der Waals surface area contributed by atoms with E-state index in [-0.39, 0.29) is 11.7 Å². The Bertz CT molecular complexity index is 861. The third-order valence-electron chi connectivity index (χ3n) is 4.47. The Morgan fingerprint density at radius 3 is 2.83 bits per heavy atom. The Morgan fingerprint density at radius 2 is 2.04 bits per heavy atom. The van der Waals surface area contributed by atoms with Gasteiger partial charge in [0.05, 0.1) is 10.2 Å². The van der Waals surface area contributed by atoms with Crippen molar-refractivity contribution in [1.82, 2.24) is 4.57 Å². The van der Waals surface area contributed by atoms with Gasteiger partial charge in [-0.15, -0.1) is 11.3 Å². The molecule has 0 bridgehead atoms. The first kappa shape index (κ1) is 14.5. The van der Waals surface area contributed by atoms with Gasteiger partial charge < -0.3 is 9.88 Å². The van der Waals surface area contributed by atoms with E-state index in [1.54, 1.807) is 23.5 Å². The minimum Gasteiger partial charge on any atom is -0.333 e. The first-order chi connectivity index (χ1) is 11.2. The number of hydrogen-bond acceptors (Lipinski definition) is 2. The summed E-state index contributed by atoms with van der Waals surface area (Å²) in [5.41, 5.74) is 2.28. The van der Waals surface area contributed by atoms with Gasteiger partial charge in [-0.25, -0.2) is 4.39 Å². The summed E-state index contributed by atoms with van der Waals surface area (Å²) in [5.74, 6) is -0.527. The molecule has 0 spiro atoms. The van der Waals surface area contributed by atoms with Gasteiger partial charge in [-0.2, -0.15) is 0 Å². The second-order valence-corrected chi connectivity index (χ2v) is 6.92. The molecule has 0 aliphatic heterocycles.